The zero-order chi connectivity index (χ0) is 21.9. The lowest BCUT2D eigenvalue weighted by Gasteiger charge is -2.34. The average molecular weight is 437 g/mol. The maximum atomic E-state index is 12.7. The van der Waals surface area contributed by atoms with Gasteiger partial charge in [-0.15, -0.1) is 0 Å². The number of benzene rings is 2. The van der Waals surface area contributed by atoms with E-state index in [1.54, 1.807) is 13.2 Å². The first-order valence-electron chi connectivity index (χ1n) is 11.1. The predicted octanol–water partition coefficient (Wildman–Crippen LogP) is 2.76. The summed E-state index contributed by atoms with van der Waals surface area (Å²) in [5.41, 5.74) is 3.46. The summed E-state index contributed by atoms with van der Waals surface area (Å²) in [6.45, 7) is 5.88. The van der Waals surface area contributed by atoms with Crippen LogP contribution in [-0.4, -0.2) is 68.8 Å². The van der Waals surface area contributed by atoms with Crippen molar-refractivity contribution in [1.82, 2.24) is 9.80 Å². The highest BCUT2D eigenvalue weighted by molar-refractivity contribution is 5.92. The van der Waals surface area contributed by atoms with Crippen molar-refractivity contribution in [2.24, 2.45) is 0 Å². The summed E-state index contributed by atoms with van der Waals surface area (Å²) in [6, 6.07) is 10.2. The van der Waals surface area contributed by atoms with Gasteiger partial charge in [0.05, 0.1) is 13.7 Å². The summed E-state index contributed by atoms with van der Waals surface area (Å²) >= 11 is 0. The lowest BCUT2D eigenvalue weighted by atomic mass is 10.1. The number of hydrogen-bond acceptors (Lipinski definition) is 6. The fourth-order valence-electron chi connectivity index (χ4n) is 4.39. The van der Waals surface area contributed by atoms with E-state index in [2.05, 4.69) is 23.1 Å². The molecule has 0 bridgehead atoms. The molecule has 0 aliphatic carbocycles. The number of fused-ring (bicyclic) bond motifs is 2. The number of carbonyl (C=O) groups excluding carboxylic acids is 1. The van der Waals surface area contributed by atoms with Crippen molar-refractivity contribution in [3.8, 4) is 23.0 Å². The van der Waals surface area contributed by atoms with E-state index in [1.807, 2.05) is 23.1 Å². The number of methoxy groups -OCH3 is 1. The van der Waals surface area contributed by atoms with Crippen LogP contribution >= 0.6 is 0 Å². The van der Waals surface area contributed by atoms with Crippen LogP contribution < -0.4 is 18.9 Å². The Morgan fingerprint density at radius 1 is 1.00 bits per heavy atom. The van der Waals surface area contributed by atoms with Crippen LogP contribution in [-0.2, 0) is 17.8 Å². The zero-order valence-electron chi connectivity index (χ0n) is 18.3. The Hall–Kier alpha value is -3.19. The highest BCUT2D eigenvalue weighted by atomic mass is 16.6. The number of ether oxygens (including phenoxy) is 4. The number of rotatable bonds is 5. The number of carbonyl (C=O) groups is 1. The molecule has 2 aromatic rings. The van der Waals surface area contributed by atoms with E-state index in [4.69, 9.17) is 18.9 Å². The van der Waals surface area contributed by atoms with Crippen molar-refractivity contribution in [1.29, 1.82) is 0 Å². The number of hydrogen-bond donors (Lipinski definition) is 0. The van der Waals surface area contributed by atoms with E-state index < -0.39 is 0 Å². The lowest BCUT2D eigenvalue weighted by molar-refractivity contribution is -0.127. The summed E-state index contributed by atoms with van der Waals surface area (Å²) in [5.74, 6) is 2.92. The van der Waals surface area contributed by atoms with Crippen LogP contribution in [0.3, 0.4) is 0 Å². The molecule has 0 unspecified atom stereocenters. The molecule has 3 heterocycles. The third kappa shape index (κ3) is 4.39. The van der Waals surface area contributed by atoms with Gasteiger partial charge in [0.15, 0.2) is 11.5 Å². The third-order valence-corrected chi connectivity index (χ3v) is 6.11. The fourth-order valence-corrected chi connectivity index (χ4v) is 4.39. The number of piperazine rings is 1. The monoisotopic (exact) mass is 436 g/mol. The summed E-state index contributed by atoms with van der Waals surface area (Å²) in [6.07, 6.45) is 4.43. The molecule has 1 saturated heterocycles. The van der Waals surface area contributed by atoms with E-state index in [0.717, 1.165) is 57.1 Å². The van der Waals surface area contributed by atoms with Crippen LogP contribution in [0.1, 0.15) is 16.7 Å². The van der Waals surface area contributed by atoms with Crippen LogP contribution in [0.5, 0.6) is 23.0 Å². The Kier molecular flexibility index (Phi) is 5.90. The summed E-state index contributed by atoms with van der Waals surface area (Å²) < 4.78 is 22.3. The van der Waals surface area contributed by atoms with Gasteiger partial charge in [-0.1, -0.05) is 12.1 Å². The second-order valence-corrected chi connectivity index (χ2v) is 8.22. The molecule has 0 N–H and O–H groups in total. The Balaban J connectivity index is 1.17. The van der Waals surface area contributed by atoms with Crippen LogP contribution in [0.15, 0.2) is 36.4 Å². The van der Waals surface area contributed by atoms with Crippen LogP contribution in [0.25, 0.3) is 6.08 Å². The average Bonchev–Trinajstić information content (AvgIpc) is 3.30. The highest BCUT2D eigenvalue weighted by Gasteiger charge is 2.21. The van der Waals surface area contributed by atoms with Gasteiger partial charge in [0.1, 0.15) is 19.0 Å². The molecule has 0 spiro atoms. The van der Waals surface area contributed by atoms with E-state index in [9.17, 15) is 4.79 Å². The molecule has 1 fully saturated rings. The molecule has 7 nitrogen and oxygen atoms in total. The van der Waals surface area contributed by atoms with Gasteiger partial charge in [-0.2, -0.15) is 0 Å². The molecule has 1 amide bonds. The Morgan fingerprint density at radius 3 is 2.66 bits per heavy atom. The van der Waals surface area contributed by atoms with Crippen LogP contribution in [0.4, 0.5) is 0 Å². The molecular formula is C25H28N2O5. The van der Waals surface area contributed by atoms with Gasteiger partial charge in [-0.25, -0.2) is 0 Å². The van der Waals surface area contributed by atoms with Crippen LogP contribution in [0.2, 0.25) is 0 Å². The first-order chi connectivity index (χ1) is 15.7. The van der Waals surface area contributed by atoms with E-state index in [1.165, 1.54) is 11.1 Å². The van der Waals surface area contributed by atoms with Crippen molar-refractivity contribution in [2.75, 3.05) is 53.1 Å². The maximum Gasteiger partial charge on any atom is 0.246 e. The molecule has 3 aliphatic heterocycles. The van der Waals surface area contributed by atoms with Gasteiger partial charge in [-0.05, 0) is 41.0 Å². The third-order valence-electron chi connectivity index (χ3n) is 6.11. The zero-order valence-corrected chi connectivity index (χ0v) is 18.3. The molecule has 5 rings (SSSR count). The van der Waals surface area contributed by atoms with Crippen molar-refractivity contribution < 1.29 is 23.7 Å². The summed E-state index contributed by atoms with van der Waals surface area (Å²) in [5, 5.41) is 0. The smallest absolute Gasteiger partial charge is 0.246 e. The lowest BCUT2D eigenvalue weighted by Crippen LogP contribution is -2.47. The molecule has 0 saturated carbocycles. The standard InChI is InChI=1S/C25H28N2O5/c1-29-22-15-18(16-23-25(22)32-13-12-31-23)3-5-24(28)27-9-7-26(8-10-27)17-19-2-4-21-20(14-19)6-11-30-21/h2-5,14-16H,6-13,17H2,1H3/b5-3+. The predicted molar refractivity (Wildman–Crippen MR) is 121 cm³/mol. The van der Waals surface area contributed by atoms with Crippen molar-refractivity contribution in [2.45, 2.75) is 13.0 Å². The van der Waals surface area contributed by atoms with Gasteiger partial charge in [0, 0.05) is 45.2 Å². The van der Waals surface area contributed by atoms with E-state index in [0.29, 0.717) is 30.5 Å². The minimum absolute atomic E-state index is 0.0215. The second-order valence-electron chi connectivity index (χ2n) is 8.22. The van der Waals surface area contributed by atoms with Crippen molar-refractivity contribution in [3.63, 3.8) is 0 Å². The van der Waals surface area contributed by atoms with Gasteiger partial charge in [0.2, 0.25) is 11.7 Å². The minimum atomic E-state index is 0.0215. The topological polar surface area (TPSA) is 60.5 Å². The van der Waals surface area contributed by atoms with Crippen molar-refractivity contribution >= 4 is 12.0 Å². The fraction of sp³-hybridized carbons (Fsp3) is 0.400. The molecule has 0 aromatic heterocycles. The first-order valence-corrected chi connectivity index (χ1v) is 11.1. The Morgan fingerprint density at radius 2 is 1.81 bits per heavy atom. The molecule has 0 atom stereocenters. The van der Waals surface area contributed by atoms with E-state index >= 15 is 0 Å². The Labute approximate surface area is 188 Å². The first kappa shape index (κ1) is 20.7. The SMILES string of the molecule is COc1cc(/C=C/C(=O)N2CCN(Cc3ccc4c(c3)CCO4)CC2)cc2c1OCCO2. The molecule has 3 aliphatic rings. The molecule has 2 aromatic carbocycles. The molecule has 32 heavy (non-hydrogen) atoms. The summed E-state index contributed by atoms with van der Waals surface area (Å²) in [7, 11) is 1.60. The van der Waals surface area contributed by atoms with E-state index in [-0.39, 0.29) is 5.91 Å². The van der Waals surface area contributed by atoms with Gasteiger partial charge >= 0.3 is 0 Å². The molecular weight excluding hydrogens is 408 g/mol. The van der Waals surface area contributed by atoms with Gasteiger partial charge < -0.3 is 23.8 Å². The van der Waals surface area contributed by atoms with Gasteiger partial charge in [-0.3, -0.25) is 9.69 Å². The summed E-state index contributed by atoms with van der Waals surface area (Å²) in [4.78, 5) is 17.0. The normalized spacial score (nSPS) is 17.8. The quantitative estimate of drug-likeness (QED) is 0.672. The number of amides is 1. The highest BCUT2D eigenvalue weighted by Crippen LogP contribution is 2.40. The Bertz CT molecular complexity index is 1010. The minimum Gasteiger partial charge on any atom is -0.493 e. The second kappa shape index (κ2) is 9.12. The molecule has 168 valence electrons. The van der Waals surface area contributed by atoms with Gasteiger partial charge in [0.25, 0.3) is 0 Å². The molecule has 7 heteroatoms. The van der Waals surface area contributed by atoms with Crippen molar-refractivity contribution in [3.05, 3.63) is 53.1 Å². The molecule has 0 radical (unpaired) electrons. The maximum absolute atomic E-state index is 12.7. The largest absolute Gasteiger partial charge is 0.493 e. The number of nitrogens with zero attached hydrogens (tertiary/aromatic N) is 2. The van der Waals surface area contributed by atoms with Crippen LogP contribution in [0, 0.1) is 0 Å².